The first-order valence-corrected chi connectivity index (χ1v) is 11.3. The number of pyridine rings is 1. The minimum absolute atomic E-state index is 0.0357. The van der Waals surface area contributed by atoms with E-state index in [2.05, 4.69) is 10.6 Å². The molecule has 1 amide bonds. The van der Waals surface area contributed by atoms with E-state index in [0.717, 1.165) is 36.9 Å². The number of rotatable bonds is 7. The van der Waals surface area contributed by atoms with Gasteiger partial charge < -0.3 is 20.1 Å². The van der Waals surface area contributed by atoms with Crippen LogP contribution < -0.4 is 16.2 Å². The molecule has 2 fully saturated rings. The van der Waals surface area contributed by atoms with Crippen LogP contribution in [0.25, 0.3) is 0 Å². The summed E-state index contributed by atoms with van der Waals surface area (Å²) in [7, 11) is 1.74. The monoisotopic (exact) mass is 438 g/mol. The van der Waals surface area contributed by atoms with Gasteiger partial charge in [-0.3, -0.25) is 9.59 Å². The van der Waals surface area contributed by atoms with E-state index in [1.165, 1.54) is 12.1 Å². The van der Waals surface area contributed by atoms with Gasteiger partial charge in [0.2, 0.25) is 5.91 Å². The van der Waals surface area contributed by atoms with Crippen LogP contribution in [0.4, 0.5) is 10.1 Å². The fraction of sp³-hybridized carbons (Fsp3) is 0.440. The third kappa shape index (κ3) is 5.27. The molecule has 2 aliphatic rings. The summed E-state index contributed by atoms with van der Waals surface area (Å²) in [6.07, 6.45) is 6.50. The van der Waals surface area contributed by atoms with Crippen LogP contribution in [-0.4, -0.2) is 41.1 Å². The van der Waals surface area contributed by atoms with Crippen LogP contribution in [0.3, 0.4) is 0 Å². The van der Waals surface area contributed by atoms with E-state index in [1.54, 1.807) is 36.0 Å². The Morgan fingerprint density at radius 3 is 2.81 bits per heavy atom. The number of carbonyl (C=O) groups is 1. The zero-order valence-corrected chi connectivity index (χ0v) is 18.7. The molecule has 170 valence electrons. The molecule has 2 atom stereocenters. The molecule has 0 unspecified atom stereocenters. The molecule has 1 aromatic carbocycles. The van der Waals surface area contributed by atoms with Crippen molar-refractivity contribution in [3.05, 3.63) is 76.1 Å². The third-order valence-corrected chi connectivity index (χ3v) is 6.36. The topological polar surface area (TPSA) is 66.4 Å². The zero-order valence-electron chi connectivity index (χ0n) is 18.7. The number of piperidine rings is 1. The third-order valence-electron chi connectivity index (χ3n) is 6.36. The molecule has 7 heteroatoms. The number of anilines is 1. The van der Waals surface area contributed by atoms with Gasteiger partial charge in [0.1, 0.15) is 5.82 Å². The van der Waals surface area contributed by atoms with E-state index in [1.807, 2.05) is 24.1 Å². The average molecular weight is 439 g/mol. The first-order valence-electron chi connectivity index (χ1n) is 11.3. The Hall–Kier alpha value is -2.93. The predicted octanol–water partition coefficient (Wildman–Crippen LogP) is 3.22. The van der Waals surface area contributed by atoms with E-state index in [-0.39, 0.29) is 35.2 Å². The Bertz CT molecular complexity index is 1060. The molecule has 32 heavy (non-hydrogen) atoms. The summed E-state index contributed by atoms with van der Waals surface area (Å²) in [6.45, 7) is 3.97. The lowest BCUT2D eigenvalue weighted by Crippen LogP contribution is -2.47. The highest BCUT2D eigenvalue weighted by molar-refractivity contribution is 5.81. The van der Waals surface area contributed by atoms with Gasteiger partial charge in [-0.15, -0.1) is 0 Å². The number of benzene rings is 1. The van der Waals surface area contributed by atoms with Crippen LogP contribution in [0.2, 0.25) is 0 Å². The molecule has 2 heterocycles. The minimum Gasteiger partial charge on any atom is -0.362 e. The number of hydrogen-bond donors (Lipinski definition) is 2. The summed E-state index contributed by atoms with van der Waals surface area (Å²) in [6, 6.07) is 10.2. The highest BCUT2D eigenvalue weighted by Crippen LogP contribution is 2.35. The fourth-order valence-electron chi connectivity index (χ4n) is 4.40. The summed E-state index contributed by atoms with van der Waals surface area (Å²) >= 11 is 0. The average Bonchev–Trinajstić information content (AvgIpc) is 3.63. The van der Waals surface area contributed by atoms with E-state index < -0.39 is 0 Å². The van der Waals surface area contributed by atoms with Crippen LogP contribution >= 0.6 is 0 Å². The molecule has 0 radical (unpaired) electrons. The van der Waals surface area contributed by atoms with Gasteiger partial charge in [0.25, 0.3) is 5.56 Å². The van der Waals surface area contributed by atoms with Gasteiger partial charge in [0.05, 0.1) is 5.92 Å². The SMILES string of the molecule is C/C(=C\Nc1cccc(F)c1)CN(C(=O)[C@H]1CNCC[C@@H]1c1ccn(C)c(=O)c1)C1CC1. The lowest BCUT2D eigenvalue weighted by atomic mass is 9.80. The largest absolute Gasteiger partial charge is 0.362 e. The number of halogens is 1. The molecular weight excluding hydrogens is 407 g/mol. The highest BCUT2D eigenvalue weighted by Gasteiger charge is 2.40. The van der Waals surface area contributed by atoms with E-state index in [0.29, 0.717) is 18.8 Å². The number of nitrogens with one attached hydrogen (secondary N) is 2. The Morgan fingerprint density at radius 1 is 1.28 bits per heavy atom. The van der Waals surface area contributed by atoms with Gasteiger partial charge in [0, 0.05) is 50.3 Å². The molecule has 0 spiro atoms. The second-order valence-corrected chi connectivity index (χ2v) is 8.96. The summed E-state index contributed by atoms with van der Waals surface area (Å²) in [5.41, 5.74) is 2.58. The zero-order chi connectivity index (χ0) is 22.7. The molecule has 1 aromatic heterocycles. The van der Waals surface area contributed by atoms with Gasteiger partial charge >= 0.3 is 0 Å². The Labute approximate surface area is 188 Å². The van der Waals surface area contributed by atoms with Crippen molar-refractivity contribution in [2.24, 2.45) is 13.0 Å². The van der Waals surface area contributed by atoms with Crippen LogP contribution in [0.1, 0.15) is 37.7 Å². The first kappa shape index (κ1) is 22.3. The van der Waals surface area contributed by atoms with Gasteiger partial charge in [-0.05, 0) is 74.1 Å². The lowest BCUT2D eigenvalue weighted by Gasteiger charge is -2.36. The van der Waals surface area contributed by atoms with Gasteiger partial charge in [0.15, 0.2) is 0 Å². The van der Waals surface area contributed by atoms with Crippen molar-refractivity contribution in [2.75, 3.05) is 25.0 Å². The molecule has 2 N–H and O–H groups in total. The lowest BCUT2D eigenvalue weighted by molar-refractivity contribution is -0.136. The molecule has 4 rings (SSSR count). The molecule has 6 nitrogen and oxygen atoms in total. The number of amides is 1. The number of aromatic nitrogens is 1. The molecule has 1 saturated carbocycles. The van der Waals surface area contributed by atoms with Crippen molar-refractivity contribution in [3.63, 3.8) is 0 Å². The first-order chi connectivity index (χ1) is 15.4. The standard InChI is InChI=1S/C25H31FN4O2/c1-17(14-28-20-5-3-4-19(26)13-20)16-30(21-6-7-21)25(32)23-15-27-10-8-22(23)18-9-11-29(2)24(31)12-18/h3-5,9,11-14,21-23,27-28H,6-8,10,15-16H2,1-2H3/b17-14+/t22-,23+/m1/s1. The van der Waals surface area contributed by atoms with Crippen LogP contribution in [-0.2, 0) is 11.8 Å². The summed E-state index contributed by atoms with van der Waals surface area (Å²) in [5.74, 6) is -0.305. The van der Waals surface area contributed by atoms with Crippen LogP contribution in [0, 0.1) is 11.7 Å². The summed E-state index contributed by atoms with van der Waals surface area (Å²) in [4.78, 5) is 27.8. The maximum Gasteiger partial charge on any atom is 0.250 e. The molecule has 1 aliphatic carbocycles. The van der Waals surface area contributed by atoms with Crippen molar-refractivity contribution in [1.82, 2.24) is 14.8 Å². The quantitative estimate of drug-likeness (QED) is 0.697. The van der Waals surface area contributed by atoms with E-state index >= 15 is 0 Å². The van der Waals surface area contributed by atoms with Gasteiger partial charge in [-0.25, -0.2) is 4.39 Å². The smallest absolute Gasteiger partial charge is 0.250 e. The van der Waals surface area contributed by atoms with Crippen molar-refractivity contribution in [1.29, 1.82) is 0 Å². The van der Waals surface area contributed by atoms with Crippen molar-refractivity contribution < 1.29 is 9.18 Å². The molecule has 1 aliphatic heterocycles. The van der Waals surface area contributed by atoms with Crippen LogP contribution in [0.5, 0.6) is 0 Å². The van der Waals surface area contributed by atoms with Crippen molar-refractivity contribution in [2.45, 2.75) is 38.1 Å². The summed E-state index contributed by atoms with van der Waals surface area (Å²) in [5, 5.41) is 6.49. The van der Waals surface area contributed by atoms with Crippen LogP contribution in [0.15, 0.2) is 59.2 Å². The summed E-state index contributed by atoms with van der Waals surface area (Å²) < 4.78 is 15.0. The molecular formula is C25H31FN4O2. The second kappa shape index (κ2) is 9.69. The number of nitrogens with zero attached hydrogens (tertiary/aromatic N) is 2. The predicted molar refractivity (Wildman–Crippen MR) is 124 cm³/mol. The maximum atomic E-state index is 13.7. The minimum atomic E-state index is -0.289. The molecule has 1 saturated heterocycles. The van der Waals surface area contributed by atoms with Crippen molar-refractivity contribution >= 4 is 11.6 Å². The maximum absolute atomic E-state index is 13.7. The Balaban J connectivity index is 1.49. The Morgan fingerprint density at radius 2 is 2.09 bits per heavy atom. The van der Waals surface area contributed by atoms with Gasteiger partial charge in [-0.1, -0.05) is 6.07 Å². The second-order valence-electron chi connectivity index (χ2n) is 8.96. The van der Waals surface area contributed by atoms with Crippen molar-refractivity contribution in [3.8, 4) is 0 Å². The Kier molecular flexibility index (Phi) is 6.74. The van der Waals surface area contributed by atoms with Gasteiger partial charge in [-0.2, -0.15) is 0 Å². The molecule has 2 aromatic rings. The highest BCUT2D eigenvalue weighted by atomic mass is 19.1. The van der Waals surface area contributed by atoms with E-state index in [9.17, 15) is 14.0 Å². The molecule has 0 bridgehead atoms. The number of aryl methyl sites for hydroxylation is 1. The van der Waals surface area contributed by atoms with E-state index in [4.69, 9.17) is 0 Å². The number of hydrogen-bond acceptors (Lipinski definition) is 4. The normalized spacial score (nSPS) is 21.3. The fourth-order valence-corrected chi connectivity index (χ4v) is 4.40. The number of carbonyl (C=O) groups excluding carboxylic acids is 1.